The van der Waals surface area contributed by atoms with Gasteiger partial charge in [0.1, 0.15) is 0 Å². The summed E-state index contributed by atoms with van der Waals surface area (Å²) in [6, 6.07) is 0. The maximum atomic E-state index is 11.9. The Kier molecular flexibility index (Phi) is 11.6. The minimum atomic E-state index is -3.15. The van der Waals surface area contributed by atoms with E-state index in [-0.39, 0.29) is 5.25 Å². The molecule has 0 radical (unpaired) electrons. The van der Waals surface area contributed by atoms with Crippen LogP contribution >= 0.6 is 0 Å². The van der Waals surface area contributed by atoms with Crippen LogP contribution in [0.5, 0.6) is 0 Å². The molecular formula is C14H32N2O2S. The molecule has 0 aromatic rings. The molecular weight excluding hydrogens is 260 g/mol. The van der Waals surface area contributed by atoms with Crippen LogP contribution in [0.4, 0.5) is 0 Å². The highest BCUT2D eigenvalue weighted by atomic mass is 32.2. The lowest BCUT2D eigenvalue weighted by Crippen LogP contribution is -2.39. The lowest BCUT2D eigenvalue weighted by molar-refractivity contribution is 0.548. The summed E-state index contributed by atoms with van der Waals surface area (Å²) in [7, 11) is -3.15. The first kappa shape index (κ1) is 18.9. The Morgan fingerprint density at radius 1 is 0.895 bits per heavy atom. The van der Waals surface area contributed by atoms with Crippen molar-refractivity contribution >= 4 is 10.0 Å². The molecule has 0 bridgehead atoms. The van der Waals surface area contributed by atoms with Crippen LogP contribution < -0.4 is 10.0 Å². The summed E-state index contributed by atoms with van der Waals surface area (Å²) in [5, 5.41) is 2.78. The van der Waals surface area contributed by atoms with Crippen LogP contribution in [0.1, 0.15) is 65.7 Å². The van der Waals surface area contributed by atoms with Gasteiger partial charge in [0.15, 0.2) is 0 Å². The second-order valence-electron chi connectivity index (χ2n) is 5.22. The van der Waals surface area contributed by atoms with Crippen molar-refractivity contribution in [1.29, 1.82) is 0 Å². The van der Waals surface area contributed by atoms with E-state index in [2.05, 4.69) is 23.9 Å². The van der Waals surface area contributed by atoms with Crippen LogP contribution in [-0.2, 0) is 10.0 Å². The molecule has 0 saturated carbocycles. The molecule has 0 heterocycles. The van der Waals surface area contributed by atoms with Crippen LogP contribution in [-0.4, -0.2) is 33.3 Å². The molecule has 0 aromatic heterocycles. The topological polar surface area (TPSA) is 58.2 Å². The smallest absolute Gasteiger partial charge is 0.215 e. The number of nitrogens with one attached hydrogen (secondary N) is 2. The van der Waals surface area contributed by atoms with Crippen molar-refractivity contribution in [1.82, 2.24) is 10.0 Å². The van der Waals surface area contributed by atoms with Gasteiger partial charge in [0.05, 0.1) is 5.25 Å². The Bertz CT molecular complexity index is 292. The zero-order valence-corrected chi connectivity index (χ0v) is 13.7. The van der Waals surface area contributed by atoms with E-state index in [1.165, 1.54) is 25.7 Å². The second kappa shape index (κ2) is 11.7. The standard InChI is InChI=1S/C14H32N2O2S/c1-4-6-7-8-9-10-12-16-19(17,18)14(3)13-15-11-5-2/h14-16H,4-13H2,1-3H3. The predicted molar refractivity (Wildman–Crippen MR) is 82.9 cm³/mol. The Morgan fingerprint density at radius 3 is 2.16 bits per heavy atom. The van der Waals surface area contributed by atoms with Crippen molar-refractivity contribution in [2.24, 2.45) is 0 Å². The number of rotatable bonds is 13. The van der Waals surface area contributed by atoms with Crippen molar-refractivity contribution in [3.8, 4) is 0 Å². The minimum absolute atomic E-state index is 0.362. The number of hydrogen-bond donors (Lipinski definition) is 2. The maximum absolute atomic E-state index is 11.9. The summed E-state index contributed by atoms with van der Waals surface area (Å²) < 4.78 is 26.5. The quantitative estimate of drug-likeness (QED) is 0.513. The van der Waals surface area contributed by atoms with Crippen LogP contribution in [0.25, 0.3) is 0 Å². The van der Waals surface area contributed by atoms with Crippen LogP contribution in [0.15, 0.2) is 0 Å². The van der Waals surface area contributed by atoms with Gasteiger partial charge in [-0.15, -0.1) is 0 Å². The zero-order chi connectivity index (χ0) is 14.6. The molecule has 0 aliphatic rings. The highest BCUT2D eigenvalue weighted by molar-refractivity contribution is 7.90. The molecule has 0 spiro atoms. The first-order valence-corrected chi connectivity index (χ1v) is 9.28. The average molecular weight is 292 g/mol. The molecule has 0 aliphatic heterocycles. The van der Waals surface area contributed by atoms with Crippen LogP contribution in [0, 0.1) is 0 Å². The first-order valence-electron chi connectivity index (χ1n) is 7.73. The summed E-state index contributed by atoms with van der Waals surface area (Å²) in [5.41, 5.74) is 0. The molecule has 4 nitrogen and oxygen atoms in total. The second-order valence-corrected chi connectivity index (χ2v) is 7.41. The van der Waals surface area contributed by atoms with E-state index in [0.717, 1.165) is 25.8 Å². The van der Waals surface area contributed by atoms with E-state index in [1.54, 1.807) is 6.92 Å². The van der Waals surface area contributed by atoms with Gasteiger partial charge in [0, 0.05) is 13.1 Å². The summed E-state index contributed by atoms with van der Waals surface area (Å²) >= 11 is 0. The van der Waals surface area contributed by atoms with E-state index >= 15 is 0 Å². The Hall–Kier alpha value is -0.130. The molecule has 19 heavy (non-hydrogen) atoms. The molecule has 0 aliphatic carbocycles. The molecule has 1 atom stereocenters. The van der Waals surface area contributed by atoms with Gasteiger partial charge in [0.25, 0.3) is 0 Å². The number of hydrogen-bond acceptors (Lipinski definition) is 3. The van der Waals surface area contributed by atoms with E-state index < -0.39 is 10.0 Å². The Balaban J connectivity index is 3.66. The molecule has 0 aromatic carbocycles. The third kappa shape index (κ3) is 10.3. The molecule has 2 N–H and O–H groups in total. The highest BCUT2D eigenvalue weighted by Crippen LogP contribution is 2.05. The SMILES string of the molecule is CCCCCCCCNS(=O)(=O)C(C)CNCCC. The van der Waals surface area contributed by atoms with Gasteiger partial charge >= 0.3 is 0 Å². The van der Waals surface area contributed by atoms with Gasteiger partial charge in [-0.2, -0.15) is 0 Å². The zero-order valence-electron chi connectivity index (χ0n) is 12.9. The van der Waals surface area contributed by atoms with Crippen molar-refractivity contribution < 1.29 is 8.42 Å². The predicted octanol–water partition coefficient (Wildman–Crippen LogP) is 2.65. The van der Waals surface area contributed by atoms with Gasteiger partial charge in [-0.05, 0) is 26.3 Å². The van der Waals surface area contributed by atoms with Gasteiger partial charge in [-0.25, -0.2) is 13.1 Å². The van der Waals surface area contributed by atoms with Crippen LogP contribution in [0.3, 0.4) is 0 Å². The van der Waals surface area contributed by atoms with Gasteiger partial charge < -0.3 is 5.32 Å². The lowest BCUT2D eigenvalue weighted by Gasteiger charge is -2.14. The third-order valence-corrected chi connectivity index (χ3v) is 5.05. The van der Waals surface area contributed by atoms with Crippen molar-refractivity contribution in [3.05, 3.63) is 0 Å². The normalized spacial score (nSPS) is 13.6. The van der Waals surface area contributed by atoms with Gasteiger partial charge in [-0.1, -0.05) is 46.0 Å². The summed E-state index contributed by atoms with van der Waals surface area (Å²) in [5.74, 6) is 0. The maximum Gasteiger partial charge on any atom is 0.215 e. The Morgan fingerprint density at radius 2 is 1.53 bits per heavy atom. The van der Waals surface area contributed by atoms with Crippen molar-refractivity contribution in [3.63, 3.8) is 0 Å². The molecule has 1 unspecified atom stereocenters. The molecule has 0 fully saturated rings. The fourth-order valence-corrected chi connectivity index (χ4v) is 2.90. The lowest BCUT2D eigenvalue weighted by atomic mass is 10.1. The fraction of sp³-hybridized carbons (Fsp3) is 1.00. The molecule has 0 rings (SSSR count). The monoisotopic (exact) mass is 292 g/mol. The summed E-state index contributed by atoms with van der Waals surface area (Å²) in [4.78, 5) is 0. The van der Waals surface area contributed by atoms with E-state index in [0.29, 0.717) is 13.1 Å². The van der Waals surface area contributed by atoms with E-state index in [4.69, 9.17) is 0 Å². The Labute approximate surface area is 119 Å². The van der Waals surface area contributed by atoms with Crippen LogP contribution in [0.2, 0.25) is 0 Å². The van der Waals surface area contributed by atoms with Gasteiger partial charge in [-0.3, -0.25) is 0 Å². The summed E-state index contributed by atoms with van der Waals surface area (Å²) in [6.45, 7) is 8.00. The summed E-state index contributed by atoms with van der Waals surface area (Å²) in [6.07, 6.45) is 8.09. The van der Waals surface area contributed by atoms with E-state index in [1.807, 2.05) is 0 Å². The largest absolute Gasteiger partial charge is 0.315 e. The molecule has 0 saturated heterocycles. The molecule has 5 heteroatoms. The van der Waals surface area contributed by atoms with E-state index in [9.17, 15) is 8.42 Å². The highest BCUT2D eigenvalue weighted by Gasteiger charge is 2.18. The fourth-order valence-electron chi connectivity index (χ4n) is 1.85. The average Bonchev–Trinajstić information content (AvgIpc) is 2.37. The molecule has 0 amide bonds. The number of unbranched alkanes of at least 4 members (excludes halogenated alkanes) is 5. The van der Waals surface area contributed by atoms with Gasteiger partial charge in [0.2, 0.25) is 10.0 Å². The van der Waals surface area contributed by atoms with Crippen molar-refractivity contribution in [2.45, 2.75) is 71.0 Å². The third-order valence-electron chi connectivity index (χ3n) is 3.22. The minimum Gasteiger partial charge on any atom is -0.315 e. The number of sulfonamides is 1. The first-order chi connectivity index (χ1) is 9.04. The molecule has 116 valence electrons. The van der Waals surface area contributed by atoms with Crippen molar-refractivity contribution in [2.75, 3.05) is 19.6 Å².